The molecule has 1 aromatic rings. The van der Waals surface area contributed by atoms with Crippen LogP contribution in [0.2, 0.25) is 0 Å². The molecule has 0 amide bonds. The molecular formula is C11H13IN2O2. The van der Waals surface area contributed by atoms with Crippen LogP contribution in [0.15, 0.2) is 12.1 Å². The van der Waals surface area contributed by atoms with E-state index < -0.39 is 12.0 Å². The second-order valence-electron chi connectivity index (χ2n) is 3.97. The lowest BCUT2D eigenvalue weighted by atomic mass is 10.0. The predicted molar refractivity (Wildman–Crippen MR) is 68.2 cm³/mol. The number of hydrogen-bond acceptors (Lipinski definition) is 3. The highest BCUT2D eigenvalue weighted by molar-refractivity contribution is 14.1. The van der Waals surface area contributed by atoms with Crippen LogP contribution in [0.5, 0.6) is 0 Å². The molecule has 0 radical (unpaired) electrons. The number of fused-ring (bicyclic) bond motifs is 1. The van der Waals surface area contributed by atoms with Gasteiger partial charge in [0, 0.05) is 25.2 Å². The topological polar surface area (TPSA) is 53.4 Å². The summed E-state index contributed by atoms with van der Waals surface area (Å²) >= 11 is 2.20. The normalized spacial score (nSPS) is 17.9. The smallest absolute Gasteiger partial charge is 0.320 e. The summed E-state index contributed by atoms with van der Waals surface area (Å²) in [4.78, 5) is 17.3. The number of carbonyl (C=O) groups is 1. The van der Waals surface area contributed by atoms with E-state index in [9.17, 15) is 4.79 Å². The van der Waals surface area contributed by atoms with Crippen LogP contribution in [0.1, 0.15) is 18.2 Å². The molecule has 0 bridgehead atoms. The Bertz CT molecular complexity index is 422. The molecule has 0 saturated carbocycles. The first-order valence-electron chi connectivity index (χ1n) is 5.19. The molecule has 16 heavy (non-hydrogen) atoms. The molecule has 0 saturated heterocycles. The van der Waals surface area contributed by atoms with Crippen molar-refractivity contribution in [3.63, 3.8) is 0 Å². The zero-order valence-electron chi connectivity index (χ0n) is 8.98. The van der Waals surface area contributed by atoms with E-state index in [1.54, 1.807) is 6.92 Å². The average molecular weight is 332 g/mol. The zero-order chi connectivity index (χ0) is 11.7. The zero-order valence-corrected chi connectivity index (χ0v) is 11.1. The van der Waals surface area contributed by atoms with Crippen LogP contribution in [0.3, 0.4) is 0 Å². The number of aliphatic carboxylic acids is 1. The molecule has 1 N–H and O–H groups in total. The Morgan fingerprint density at radius 1 is 1.62 bits per heavy atom. The standard InChI is InChI=1S/C11H13IN2O2/c1-7(11(15)16)14-5-4-9-8(6-14)2-3-10(12)13-9/h2-3,7H,4-6H2,1H3,(H,15,16). The largest absolute Gasteiger partial charge is 0.480 e. The summed E-state index contributed by atoms with van der Waals surface area (Å²) in [5.41, 5.74) is 2.26. The lowest BCUT2D eigenvalue weighted by Gasteiger charge is -2.30. The van der Waals surface area contributed by atoms with Crippen LogP contribution in [0.4, 0.5) is 0 Å². The monoisotopic (exact) mass is 332 g/mol. The van der Waals surface area contributed by atoms with E-state index in [1.165, 1.54) is 0 Å². The van der Waals surface area contributed by atoms with Crippen molar-refractivity contribution in [1.82, 2.24) is 9.88 Å². The lowest BCUT2D eigenvalue weighted by molar-refractivity contribution is -0.143. The molecule has 1 aromatic heterocycles. The molecule has 1 unspecified atom stereocenters. The van der Waals surface area contributed by atoms with E-state index in [4.69, 9.17) is 5.11 Å². The molecule has 0 spiro atoms. The van der Waals surface area contributed by atoms with Crippen molar-refractivity contribution in [3.05, 3.63) is 27.1 Å². The fourth-order valence-corrected chi connectivity index (χ4v) is 2.37. The van der Waals surface area contributed by atoms with E-state index in [2.05, 4.69) is 27.6 Å². The Hall–Kier alpha value is -0.690. The van der Waals surface area contributed by atoms with Gasteiger partial charge in [0.1, 0.15) is 9.74 Å². The molecule has 0 aliphatic carbocycles. The van der Waals surface area contributed by atoms with Gasteiger partial charge >= 0.3 is 5.97 Å². The van der Waals surface area contributed by atoms with Gasteiger partial charge in [-0.15, -0.1) is 0 Å². The van der Waals surface area contributed by atoms with Gasteiger partial charge < -0.3 is 5.11 Å². The summed E-state index contributed by atoms with van der Waals surface area (Å²) in [5.74, 6) is -0.762. The minimum Gasteiger partial charge on any atom is -0.480 e. The number of carboxylic acids is 1. The maximum absolute atomic E-state index is 10.9. The van der Waals surface area contributed by atoms with Gasteiger partial charge in [0.05, 0.1) is 0 Å². The molecule has 2 heterocycles. The Morgan fingerprint density at radius 3 is 3.06 bits per heavy atom. The van der Waals surface area contributed by atoms with Crippen molar-refractivity contribution < 1.29 is 9.90 Å². The van der Waals surface area contributed by atoms with Gasteiger partial charge in [-0.3, -0.25) is 9.69 Å². The van der Waals surface area contributed by atoms with E-state index in [0.29, 0.717) is 6.54 Å². The third-order valence-electron chi connectivity index (χ3n) is 2.95. The maximum Gasteiger partial charge on any atom is 0.320 e. The minimum absolute atomic E-state index is 0.424. The SMILES string of the molecule is CC(C(=O)O)N1CCc2nc(I)ccc2C1. The summed E-state index contributed by atoms with van der Waals surface area (Å²) in [6, 6.07) is 3.59. The molecular weight excluding hydrogens is 319 g/mol. The van der Waals surface area contributed by atoms with Crippen molar-refractivity contribution in [2.45, 2.75) is 25.9 Å². The Morgan fingerprint density at radius 2 is 2.38 bits per heavy atom. The number of aromatic nitrogens is 1. The quantitative estimate of drug-likeness (QED) is 0.659. The van der Waals surface area contributed by atoms with E-state index >= 15 is 0 Å². The Kier molecular flexibility index (Phi) is 3.44. The van der Waals surface area contributed by atoms with E-state index in [-0.39, 0.29) is 0 Å². The minimum atomic E-state index is -0.762. The number of hydrogen-bond donors (Lipinski definition) is 1. The van der Waals surface area contributed by atoms with Crippen molar-refractivity contribution >= 4 is 28.6 Å². The predicted octanol–water partition coefficient (Wildman–Crippen LogP) is 1.52. The van der Waals surface area contributed by atoms with E-state index in [0.717, 1.165) is 27.9 Å². The lowest BCUT2D eigenvalue weighted by Crippen LogP contribution is -2.42. The van der Waals surface area contributed by atoms with Crippen molar-refractivity contribution in [3.8, 4) is 0 Å². The van der Waals surface area contributed by atoms with Gasteiger partial charge in [-0.1, -0.05) is 6.07 Å². The summed E-state index contributed by atoms with van der Waals surface area (Å²) < 4.78 is 0.996. The highest BCUT2D eigenvalue weighted by Crippen LogP contribution is 2.20. The fourth-order valence-electron chi connectivity index (χ4n) is 1.90. The highest BCUT2D eigenvalue weighted by Gasteiger charge is 2.25. The van der Waals surface area contributed by atoms with Crippen molar-refractivity contribution in [1.29, 1.82) is 0 Å². The van der Waals surface area contributed by atoms with Crippen LogP contribution in [-0.2, 0) is 17.8 Å². The van der Waals surface area contributed by atoms with Crippen LogP contribution in [0, 0.1) is 3.70 Å². The first kappa shape index (κ1) is 11.8. The van der Waals surface area contributed by atoms with Gasteiger partial charge in [-0.05, 0) is 41.1 Å². The Labute approximate surface area is 108 Å². The molecule has 1 aliphatic heterocycles. The highest BCUT2D eigenvalue weighted by atomic mass is 127. The summed E-state index contributed by atoms with van der Waals surface area (Å²) in [6.45, 7) is 3.19. The molecule has 5 heteroatoms. The number of pyridine rings is 1. The molecule has 2 rings (SSSR count). The molecule has 86 valence electrons. The first-order valence-corrected chi connectivity index (χ1v) is 6.27. The summed E-state index contributed by atoms with van der Waals surface area (Å²) in [7, 11) is 0. The average Bonchev–Trinajstić information content (AvgIpc) is 2.27. The van der Waals surface area contributed by atoms with Gasteiger partial charge in [0.15, 0.2) is 0 Å². The number of halogens is 1. The molecule has 4 nitrogen and oxygen atoms in total. The summed E-state index contributed by atoms with van der Waals surface area (Å²) in [6.07, 6.45) is 0.837. The van der Waals surface area contributed by atoms with Crippen LogP contribution in [0.25, 0.3) is 0 Å². The van der Waals surface area contributed by atoms with Crippen LogP contribution < -0.4 is 0 Å². The first-order chi connectivity index (χ1) is 7.58. The third kappa shape index (κ3) is 2.35. The summed E-state index contributed by atoms with van der Waals surface area (Å²) in [5, 5.41) is 8.97. The number of carboxylic acid groups (broad SMARTS) is 1. The van der Waals surface area contributed by atoms with Gasteiger partial charge in [0.2, 0.25) is 0 Å². The van der Waals surface area contributed by atoms with Crippen LogP contribution >= 0.6 is 22.6 Å². The molecule has 1 atom stereocenters. The molecule has 0 fully saturated rings. The van der Waals surface area contributed by atoms with Crippen molar-refractivity contribution in [2.24, 2.45) is 0 Å². The third-order valence-corrected chi connectivity index (χ3v) is 3.55. The number of nitrogens with zero attached hydrogens (tertiary/aromatic N) is 2. The van der Waals surface area contributed by atoms with Gasteiger partial charge in [0.25, 0.3) is 0 Å². The van der Waals surface area contributed by atoms with Gasteiger partial charge in [-0.2, -0.15) is 0 Å². The van der Waals surface area contributed by atoms with Crippen molar-refractivity contribution in [2.75, 3.05) is 6.54 Å². The maximum atomic E-state index is 10.9. The Balaban J connectivity index is 2.18. The van der Waals surface area contributed by atoms with E-state index in [1.807, 2.05) is 17.0 Å². The second kappa shape index (κ2) is 4.67. The fraction of sp³-hybridized carbons (Fsp3) is 0.455. The number of rotatable bonds is 2. The van der Waals surface area contributed by atoms with Gasteiger partial charge in [-0.25, -0.2) is 4.98 Å². The molecule has 1 aliphatic rings. The van der Waals surface area contributed by atoms with Crippen LogP contribution in [-0.4, -0.2) is 33.5 Å². The second-order valence-corrected chi connectivity index (χ2v) is 5.08. The molecule has 0 aromatic carbocycles.